The van der Waals surface area contributed by atoms with Crippen LogP contribution in [0.2, 0.25) is 0 Å². The standard InChI is InChI=1S/C22H20FN3OS/c1-14-18(25-27-21(14)15-8-10-16(23)11-9-15)13-26-12-4-6-19(26)22-24-17-5-2-3-7-20(17)28-22/h2-3,5,7-11,19H,4,6,12-13H2,1H3/p+1/t19-/m0/s1. The predicted molar refractivity (Wildman–Crippen MR) is 108 cm³/mol. The van der Waals surface area contributed by atoms with Gasteiger partial charge >= 0.3 is 0 Å². The van der Waals surface area contributed by atoms with E-state index in [1.165, 1.54) is 33.2 Å². The van der Waals surface area contributed by atoms with Crippen molar-refractivity contribution in [1.29, 1.82) is 0 Å². The summed E-state index contributed by atoms with van der Waals surface area (Å²) in [6.45, 7) is 3.96. The van der Waals surface area contributed by atoms with Gasteiger partial charge in [0.2, 0.25) is 0 Å². The van der Waals surface area contributed by atoms with Gasteiger partial charge in [-0.2, -0.15) is 0 Å². The Morgan fingerprint density at radius 2 is 2.00 bits per heavy atom. The quantitative estimate of drug-likeness (QED) is 0.561. The SMILES string of the molecule is Cc1c(C[NH+]2CCC[C@H]2c2nc3ccccc3s2)noc1-c1ccc(F)cc1. The third-order valence-electron chi connectivity index (χ3n) is 5.61. The van der Waals surface area contributed by atoms with E-state index in [1.54, 1.807) is 23.5 Å². The lowest BCUT2D eigenvalue weighted by atomic mass is 10.1. The van der Waals surface area contributed by atoms with E-state index >= 15 is 0 Å². The number of para-hydroxylation sites is 1. The van der Waals surface area contributed by atoms with Crippen LogP contribution in [-0.4, -0.2) is 16.7 Å². The fourth-order valence-corrected chi connectivity index (χ4v) is 5.24. The first-order chi connectivity index (χ1) is 13.7. The smallest absolute Gasteiger partial charge is 0.170 e. The zero-order chi connectivity index (χ0) is 19.1. The maximum absolute atomic E-state index is 13.2. The van der Waals surface area contributed by atoms with Crippen LogP contribution < -0.4 is 4.90 Å². The molecule has 2 aromatic carbocycles. The van der Waals surface area contributed by atoms with Crippen LogP contribution in [0.15, 0.2) is 53.1 Å². The van der Waals surface area contributed by atoms with E-state index in [0.717, 1.165) is 47.6 Å². The largest absolute Gasteiger partial charge is 0.356 e. The summed E-state index contributed by atoms with van der Waals surface area (Å²) < 4.78 is 20.1. The van der Waals surface area contributed by atoms with Crippen LogP contribution >= 0.6 is 11.3 Å². The molecule has 3 heterocycles. The summed E-state index contributed by atoms with van der Waals surface area (Å²) in [5.74, 6) is 0.478. The van der Waals surface area contributed by atoms with Gasteiger partial charge in [0.25, 0.3) is 0 Å². The molecule has 0 amide bonds. The third kappa shape index (κ3) is 3.12. The first kappa shape index (κ1) is 17.5. The van der Waals surface area contributed by atoms with Crippen LogP contribution in [0.5, 0.6) is 0 Å². The molecule has 1 unspecified atom stereocenters. The molecule has 0 radical (unpaired) electrons. The normalized spacial score (nSPS) is 19.5. The Morgan fingerprint density at radius 1 is 1.18 bits per heavy atom. The second kappa shape index (κ2) is 7.11. The second-order valence-electron chi connectivity index (χ2n) is 7.39. The predicted octanol–water partition coefficient (Wildman–Crippen LogP) is 4.32. The highest BCUT2D eigenvalue weighted by Gasteiger charge is 2.34. The van der Waals surface area contributed by atoms with E-state index in [1.807, 2.05) is 13.0 Å². The Labute approximate surface area is 166 Å². The Morgan fingerprint density at radius 3 is 2.82 bits per heavy atom. The molecule has 0 aliphatic carbocycles. The minimum absolute atomic E-state index is 0.249. The number of thiazole rings is 1. The first-order valence-electron chi connectivity index (χ1n) is 9.60. The van der Waals surface area contributed by atoms with Crippen LogP contribution in [-0.2, 0) is 6.54 Å². The number of likely N-dealkylation sites (tertiary alicyclic amines) is 1. The van der Waals surface area contributed by atoms with Gasteiger partial charge in [0.1, 0.15) is 24.1 Å². The summed E-state index contributed by atoms with van der Waals surface area (Å²) >= 11 is 1.81. The Bertz CT molecular complexity index is 1090. The highest BCUT2D eigenvalue weighted by atomic mass is 32.1. The van der Waals surface area contributed by atoms with Crippen molar-refractivity contribution in [2.24, 2.45) is 0 Å². The highest BCUT2D eigenvalue weighted by molar-refractivity contribution is 7.18. The summed E-state index contributed by atoms with van der Waals surface area (Å²) in [7, 11) is 0. The topological polar surface area (TPSA) is 43.4 Å². The molecular formula is C22H21FN3OS+. The van der Waals surface area contributed by atoms with E-state index in [2.05, 4.69) is 23.4 Å². The average Bonchev–Trinajstić information content (AvgIpc) is 3.42. The number of hydrogen-bond donors (Lipinski definition) is 1. The van der Waals surface area contributed by atoms with Crippen LogP contribution in [0.25, 0.3) is 21.5 Å². The van der Waals surface area contributed by atoms with Gasteiger partial charge in [-0.25, -0.2) is 9.37 Å². The number of fused-ring (bicyclic) bond motifs is 1. The van der Waals surface area contributed by atoms with Crippen molar-refractivity contribution in [3.63, 3.8) is 0 Å². The van der Waals surface area contributed by atoms with Gasteiger partial charge in [-0.1, -0.05) is 17.3 Å². The highest BCUT2D eigenvalue weighted by Crippen LogP contribution is 2.30. The lowest BCUT2D eigenvalue weighted by Crippen LogP contribution is -3.09. The van der Waals surface area contributed by atoms with Gasteiger partial charge in [0.05, 0.1) is 16.8 Å². The summed E-state index contributed by atoms with van der Waals surface area (Å²) in [5, 5.41) is 5.56. The van der Waals surface area contributed by atoms with E-state index in [0.29, 0.717) is 6.04 Å². The number of nitrogens with zero attached hydrogens (tertiary/aromatic N) is 2. The number of quaternary nitrogens is 1. The van der Waals surface area contributed by atoms with Crippen molar-refractivity contribution in [3.8, 4) is 11.3 Å². The maximum Gasteiger partial charge on any atom is 0.170 e. The minimum Gasteiger partial charge on any atom is -0.356 e. The summed E-state index contributed by atoms with van der Waals surface area (Å²) in [6, 6.07) is 15.1. The van der Waals surface area contributed by atoms with Crippen molar-refractivity contribution < 1.29 is 13.8 Å². The fourth-order valence-electron chi connectivity index (χ4n) is 4.08. The monoisotopic (exact) mass is 394 g/mol. The molecule has 1 fully saturated rings. The van der Waals surface area contributed by atoms with Crippen LogP contribution in [0, 0.1) is 12.7 Å². The van der Waals surface area contributed by atoms with Crippen LogP contribution in [0.1, 0.15) is 35.1 Å². The minimum atomic E-state index is -0.249. The molecule has 4 nitrogen and oxygen atoms in total. The summed E-state index contributed by atoms with van der Waals surface area (Å²) in [6.07, 6.45) is 2.34. The Balaban J connectivity index is 1.40. The maximum atomic E-state index is 13.2. The molecule has 6 heteroatoms. The van der Waals surface area contributed by atoms with E-state index < -0.39 is 0 Å². The second-order valence-corrected chi connectivity index (χ2v) is 8.45. The van der Waals surface area contributed by atoms with Crippen LogP contribution in [0.3, 0.4) is 0 Å². The van der Waals surface area contributed by atoms with Crippen molar-refractivity contribution in [2.45, 2.75) is 32.4 Å². The molecule has 4 aromatic rings. The van der Waals surface area contributed by atoms with Gasteiger partial charge in [0.15, 0.2) is 10.8 Å². The van der Waals surface area contributed by atoms with Crippen LogP contribution in [0.4, 0.5) is 4.39 Å². The first-order valence-corrected chi connectivity index (χ1v) is 10.4. The van der Waals surface area contributed by atoms with Crippen molar-refractivity contribution >= 4 is 21.6 Å². The average molecular weight is 394 g/mol. The van der Waals surface area contributed by atoms with E-state index in [9.17, 15) is 4.39 Å². The lowest BCUT2D eigenvalue weighted by Gasteiger charge is -2.18. The van der Waals surface area contributed by atoms with Crippen molar-refractivity contribution in [3.05, 3.63) is 70.6 Å². The molecule has 1 N–H and O–H groups in total. The van der Waals surface area contributed by atoms with Gasteiger partial charge in [-0.15, -0.1) is 11.3 Å². The third-order valence-corrected chi connectivity index (χ3v) is 6.76. The molecule has 142 valence electrons. The van der Waals surface area contributed by atoms with Gasteiger partial charge < -0.3 is 9.42 Å². The molecular weight excluding hydrogens is 373 g/mol. The molecule has 1 aliphatic heterocycles. The number of aromatic nitrogens is 2. The van der Waals surface area contributed by atoms with Gasteiger partial charge in [0, 0.05) is 24.0 Å². The molecule has 0 spiro atoms. The molecule has 28 heavy (non-hydrogen) atoms. The number of nitrogens with one attached hydrogen (secondary N) is 1. The van der Waals surface area contributed by atoms with Crippen molar-refractivity contribution in [2.75, 3.05) is 6.54 Å². The van der Waals surface area contributed by atoms with Crippen molar-refractivity contribution in [1.82, 2.24) is 10.1 Å². The van der Waals surface area contributed by atoms with E-state index in [4.69, 9.17) is 9.51 Å². The summed E-state index contributed by atoms with van der Waals surface area (Å²) in [5.41, 5.74) is 3.96. The summed E-state index contributed by atoms with van der Waals surface area (Å²) in [4.78, 5) is 6.38. The molecule has 2 atom stereocenters. The lowest BCUT2D eigenvalue weighted by molar-refractivity contribution is -0.932. The molecule has 1 saturated heterocycles. The fraction of sp³-hybridized carbons (Fsp3) is 0.273. The number of rotatable bonds is 4. The zero-order valence-corrected chi connectivity index (χ0v) is 16.4. The molecule has 0 saturated carbocycles. The Kier molecular flexibility index (Phi) is 4.45. The molecule has 1 aliphatic rings. The van der Waals surface area contributed by atoms with Gasteiger partial charge in [-0.05, 0) is 43.3 Å². The van der Waals surface area contributed by atoms with Gasteiger partial charge in [-0.3, -0.25) is 0 Å². The van der Waals surface area contributed by atoms with E-state index in [-0.39, 0.29) is 5.82 Å². The molecule has 2 aromatic heterocycles. The number of hydrogen-bond acceptors (Lipinski definition) is 4. The molecule has 5 rings (SSSR count). The zero-order valence-electron chi connectivity index (χ0n) is 15.6. The number of benzene rings is 2. The molecule has 0 bridgehead atoms. The number of halogens is 1. The Hall–Kier alpha value is -2.57.